The molecule has 0 saturated carbocycles. The first-order valence-electron chi connectivity index (χ1n) is 6.93. The SMILES string of the molecule is COC(=O)CCCN(C)C(=O)c1cccc2ccccc12. The van der Waals surface area contributed by atoms with Gasteiger partial charge in [-0.3, -0.25) is 9.59 Å². The van der Waals surface area contributed by atoms with Gasteiger partial charge < -0.3 is 9.64 Å². The number of methoxy groups -OCH3 is 1. The monoisotopic (exact) mass is 285 g/mol. The van der Waals surface area contributed by atoms with Crippen LogP contribution in [-0.2, 0) is 9.53 Å². The van der Waals surface area contributed by atoms with Crippen LogP contribution in [0, 0.1) is 0 Å². The van der Waals surface area contributed by atoms with E-state index in [1.54, 1.807) is 11.9 Å². The average molecular weight is 285 g/mol. The number of esters is 1. The highest BCUT2D eigenvalue weighted by atomic mass is 16.5. The number of nitrogens with zero attached hydrogens (tertiary/aromatic N) is 1. The van der Waals surface area contributed by atoms with Crippen molar-refractivity contribution < 1.29 is 14.3 Å². The molecule has 0 aromatic heterocycles. The van der Waals surface area contributed by atoms with E-state index >= 15 is 0 Å². The third-order valence-corrected chi connectivity index (χ3v) is 3.47. The van der Waals surface area contributed by atoms with Crippen LogP contribution in [-0.4, -0.2) is 37.5 Å². The number of hydrogen-bond acceptors (Lipinski definition) is 3. The van der Waals surface area contributed by atoms with Gasteiger partial charge >= 0.3 is 5.97 Å². The lowest BCUT2D eigenvalue weighted by atomic mass is 10.0. The summed E-state index contributed by atoms with van der Waals surface area (Å²) >= 11 is 0. The Morgan fingerprint density at radius 3 is 2.57 bits per heavy atom. The van der Waals surface area contributed by atoms with E-state index in [9.17, 15) is 9.59 Å². The summed E-state index contributed by atoms with van der Waals surface area (Å²) in [5, 5.41) is 2.00. The Hall–Kier alpha value is -2.36. The zero-order valence-electron chi connectivity index (χ0n) is 12.3. The fourth-order valence-corrected chi connectivity index (χ4v) is 2.28. The van der Waals surface area contributed by atoms with Crippen molar-refractivity contribution >= 4 is 22.6 Å². The van der Waals surface area contributed by atoms with Crippen molar-refractivity contribution in [3.05, 3.63) is 48.0 Å². The molecule has 2 aromatic carbocycles. The zero-order chi connectivity index (χ0) is 15.2. The summed E-state index contributed by atoms with van der Waals surface area (Å²) in [5.41, 5.74) is 0.689. The average Bonchev–Trinajstić information content (AvgIpc) is 2.53. The number of ether oxygens (including phenoxy) is 1. The van der Waals surface area contributed by atoms with Gasteiger partial charge in [0.2, 0.25) is 0 Å². The molecule has 4 heteroatoms. The molecule has 0 N–H and O–H groups in total. The molecule has 0 heterocycles. The lowest BCUT2D eigenvalue weighted by Crippen LogP contribution is -2.28. The number of rotatable bonds is 5. The standard InChI is InChI=1S/C17H19NO3/c1-18(12-6-11-16(19)21-2)17(20)15-10-5-8-13-7-3-4-9-14(13)15/h3-5,7-10H,6,11-12H2,1-2H3. The number of amides is 1. The predicted molar refractivity (Wildman–Crippen MR) is 82.2 cm³/mol. The molecule has 0 atom stereocenters. The van der Waals surface area contributed by atoms with Crippen molar-refractivity contribution in [2.24, 2.45) is 0 Å². The van der Waals surface area contributed by atoms with Gasteiger partial charge in [-0.05, 0) is 23.3 Å². The van der Waals surface area contributed by atoms with E-state index in [-0.39, 0.29) is 11.9 Å². The van der Waals surface area contributed by atoms with Gasteiger partial charge in [-0.2, -0.15) is 0 Å². The topological polar surface area (TPSA) is 46.6 Å². The summed E-state index contributed by atoms with van der Waals surface area (Å²) in [7, 11) is 3.12. The van der Waals surface area contributed by atoms with Crippen LogP contribution in [0.25, 0.3) is 10.8 Å². The molecule has 1 amide bonds. The molecule has 0 fully saturated rings. The van der Waals surface area contributed by atoms with Gasteiger partial charge in [-0.25, -0.2) is 0 Å². The molecule has 4 nitrogen and oxygen atoms in total. The molecule has 0 unspecified atom stereocenters. The lowest BCUT2D eigenvalue weighted by Gasteiger charge is -2.18. The molecule has 2 aromatic rings. The van der Waals surface area contributed by atoms with Crippen LogP contribution in [0.1, 0.15) is 23.2 Å². The summed E-state index contributed by atoms with van der Waals surface area (Å²) in [6, 6.07) is 13.5. The highest BCUT2D eigenvalue weighted by molar-refractivity contribution is 6.06. The molecule has 0 bridgehead atoms. The fourth-order valence-electron chi connectivity index (χ4n) is 2.28. The summed E-state index contributed by atoms with van der Waals surface area (Å²) in [6.45, 7) is 0.525. The number of hydrogen-bond donors (Lipinski definition) is 0. The highest BCUT2D eigenvalue weighted by Gasteiger charge is 2.14. The Balaban J connectivity index is 2.09. The van der Waals surface area contributed by atoms with E-state index in [0.717, 1.165) is 10.8 Å². The van der Waals surface area contributed by atoms with Crippen LogP contribution in [0.3, 0.4) is 0 Å². The molecular weight excluding hydrogens is 266 g/mol. The second-order valence-corrected chi connectivity index (χ2v) is 4.93. The van der Waals surface area contributed by atoms with Crippen LogP contribution >= 0.6 is 0 Å². The van der Waals surface area contributed by atoms with Crippen molar-refractivity contribution in [2.45, 2.75) is 12.8 Å². The van der Waals surface area contributed by atoms with E-state index in [4.69, 9.17) is 0 Å². The Bertz CT molecular complexity index is 646. The molecular formula is C17H19NO3. The van der Waals surface area contributed by atoms with Crippen LogP contribution in [0.5, 0.6) is 0 Å². The van der Waals surface area contributed by atoms with E-state index in [0.29, 0.717) is 24.9 Å². The predicted octanol–water partition coefficient (Wildman–Crippen LogP) is 2.87. The number of carbonyl (C=O) groups excluding carboxylic acids is 2. The largest absolute Gasteiger partial charge is 0.469 e. The van der Waals surface area contributed by atoms with E-state index < -0.39 is 0 Å². The second-order valence-electron chi connectivity index (χ2n) is 4.93. The molecule has 110 valence electrons. The second kappa shape index (κ2) is 6.88. The lowest BCUT2D eigenvalue weighted by molar-refractivity contribution is -0.140. The van der Waals surface area contributed by atoms with Gasteiger partial charge in [0.25, 0.3) is 5.91 Å². The number of benzene rings is 2. The summed E-state index contributed by atoms with van der Waals surface area (Å²) in [4.78, 5) is 25.2. The smallest absolute Gasteiger partial charge is 0.305 e. The highest BCUT2D eigenvalue weighted by Crippen LogP contribution is 2.19. The van der Waals surface area contributed by atoms with Gasteiger partial charge in [-0.15, -0.1) is 0 Å². The molecule has 0 spiro atoms. The quantitative estimate of drug-likeness (QED) is 0.794. The van der Waals surface area contributed by atoms with E-state index in [2.05, 4.69) is 4.74 Å². The summed E-state index contributed by atoms with van der Waals surface area (Å²) in [6.07, 6.45) is 0.920. The van der Waals surface area contributed by atoms with Crippen molar-refractivity contribution in [1.82, 2.24) is 4.90 Å². The van der Waals surface area contributed by atoms with Crippen molar-refractivity contribution in [1.29, 1.82) is 0 Å². The van der Waals surface area contributed by atoms with Gasteiger partial charge in [0, 0.05) is 25.6 Å². The minimum atomic E-state index is -0.249. The van der Waals surface area contributed by atoms with Crippen molar-refractivity contribution in [3.8, 4) is 0 Å². The molecule has 0 aliphatic rings. The molecule has 2 rings (SSSR count). The third-order valence-electron chi connectivity index (χ3n) is 3.47. The Kier molecular flexibility index (Phi) is 4.93. The maximum Gasteiger partial charge on any atom is 0.305 e. The van der Waals surface area contributed by atoms with Crippen LogP contribution < -0.4 is 0 Å². The van der Waals surface area contributed by atoms with Gasteiger partial charge in [-0.1, -0.05) is 36.4 Å². The fraction of sp³-hybridized carbons (Fsp3) is 0.294. The maximum atomic E-state index is 12.5. The molecule has 0 aliphatic heterocycles. The van der Waals surface area contributed by atoms with Gasteiger partial charge in [0.05, 0.1) is 7.11 Å². The Morgan fingerprint density at radius 1 is 1.10 bits per heavy atom. The Labute approximate surface area is 124 Å². The molecule has 21 heavy (non-hydrogen) atoms. The molecule has 0 saturated heterocycles. The maximum absolute atomic E-state index is 12.5. The minimum absolute atomic E-state index is 0.0309. The van der Waals surface area contributed by atoms with Crippen LogP contribution in [0.4, 0.5) is 0 Å². The van der Waals surface area contributed by atoms with E-state index in [1.165, 1.54) is 7.11 Å². The van der Waals surface area contributed by atoms with Gasteiger partial charge in [0.1, 0.15) is 0 Å². The first kappa shape index (κ1) is 15.0. The van der Waals surface area contributed by atoms with Gasteiger partial charge in [0.15, 0.2) is 0 Å². The molecule has 0 radical (unpaired) electrons. The van der Waals surface area contributed by atoms with Crippen LogP contribution in [0.2, 0.25) is 0 Å². The Morgan fingerprint density at radius 2 is 1.81 bits per heavy atom. The first-order chi connectivity index (χ1) is 10.1. The zero-order valence-corrected chi connectivity index (χ0v) is 12.3. The number of carbonyl (C=O) groups is 2. The minimum Gasteiger partial charge on any atom is -0.469 e. The van der Waals surface area contributed by atoms with Crippen LogP contribution in [0.15, 0.2) is 42.5 Å². The summed E-state index contributed by atoms with van der Waals surface area (Å²) in [5.74, 6) is -0.280. The van der Waals surface area contributed by atoms with Crippen molar-refractivity contribution in [2.75, 3.05) is 20.7 Å². The first-order valence-corrected chi connectivity index (χ1v) is 6.93. The third kappa shape index (κ3) is 3.60. The number of fused-ring (bicyclic) bond motifs is 1. The normalized spacial score (nSPS) is 10.4. The molecule has 0 aliphatic carbocycles. The summed E-state index contributed by atoms with van der Waals surface area (Å²) < 4.78 is 4.59. The van der Waals surface area contributed by atoms with Crippen molar-refractivity contribution in [3.63, 3.8) is 0 Å². The van der Waals surface area contributed by atoms with E-state index in [1.807, 2.05) is 42.5 Å².